The fourth-order valence-corrected chi connectivity index (χ4v) is 2.13. The van der Waals surface area contributed by atoms with E-state index < -0.39 is 11.7 Å². The van der Waals surface area contributed by atoms with Crippen molar-refractivity contribution in [1.82, 2.24) is 9.78 Å². The zero-order valence-electron chi connectivity index (χ0n) is 10.6. The molecule has 0 fully saturated rings. The number of nitrogens with zero attached hydrogens (tertiary/aromatic N) is 2. The first-order valence-electron chi connectivity index (χ1n) is 6.08. The van der Waals surface area contributed by atoms with Crippen molar-refractivity contribution < 1.29 is 13.2 Å². The van der Waals surface area contributed by atoms with Gasteiger partial charge in [0.05, 0.1) is 16.8 Å². The lowest BCUT2D eigenvalue weighted by atomic mass is 10.2. The Morgan fingerprint density at radius 1 is 1.00 bits per heavy atom. The van der Waals surface area contributed by atoms with Crippen molar-refractivity contribution in [2.24, 2.45) is 0 Å². The molecule has 0 N–H and O–H groups in total. The third kappa shape index (κ3) is 2.15. The SMILES string of the molecule is Cc1cccc2cn(-c3ccc(C(F)(F)F)cc3)nc12. The highest BCUT2D eigenvalue weighted by Gasteiger charge is 2.30. The molecule has 0 saturated heterocycles. The molecule has 102 valence electrons. The van der Waals surface area contributed by atoms with Gasteiger partial charge in [-0.25, -0.2) is 4.68 Å². The van der Waals surface area contributed by atoms with Crippen molar-refractivity contribution >= 4 is 10.9 Å². The summed E-state index contributed by atoms with van der Waals surface area (Å²) < 4.78 is 39.2. The molecule has 0 bridgehead atoms. The third-order valence-electron chi connectivity index (χ3n) is 3.20. The molecule has 1 heterocycles. The van der Waals surface area contributed by atoms with E-state index >= 15 is 0 Å². The summed E-state index contributed by atoms with van der Waals surface area (Å²) in [6.07, 6.45) is -2.51. The fourth-order valence-electron chi connectivity index (χ4n) is 2.13. The minimum absolute atomic E-state index is 0.605. The quantitative estimate of drug-likeness (QED) is 0.646. The summed E-state index contributed by atoms with van der Waals surface area (Å²) in [6, 6.07) is 10.8. The van der Waals surface area contributed by atoms with Gasteiger partial charge in [-0.1, -0.05) is 18.2 Å². The monoisotopic (exact) mass is 276 g/mol. The molecule has 0 aliphatic carbocycles. The summed E-state index contributed by atoms with van der Waals surface area (Å²) in [7, 11) is 0. The smallest absolute Gasteiger partial charge is 0.240 e. The molecule has 2 aromatic carbocycles. The van der Waals surface area contributed by atoms with Crippen molar-refractivity contribution in [1.29, 1.82) is 0 Å². The van der Waals surface area contributed by atoms with Gasteiger partial charge in [0.2, 0.25) is 0 Å². The number of fused-ring (bicyclic) bond motifs is 1. The van der Waals surface area contributed by atoms with Gasteiger partial charge in [0, 0.05) is 11.6 Å². The summed E-state index contributed by atoms with van der Waals surface area (Å²) in [5.41, 5.74) is 1.84. The normalized spacial score (nSPS) is 12.0. The molecule has 0 spiro atoms. The van der Waals surface area contributed by atoms with Crippen molar-refractivity contribution in [3.8, 4) is 5.69 Å². The van der Waals surface area contributed by atoms with Gasteiger partial charge in [0.25, 0.3) is 0 Å². The Morgan fingerprint density at radius 3 is 2.30 bits per heavy atom. The highest BCUT2D eigenvalue weighted by atomic mass is 19.4. The van der Waals surface area contributed by atoms with Crippen LogP contribution in [0.3, 0.4) is 0 Å². The van der Waals surface area contributed by atoms with E-state index in [-0.39, 0.29) is 0 Å². The van der Waals surface area contributed by atoms with E-state index in [1.54, 1.807) is 4.68 Å². The molecule has 1 aromatic heterocycles. The molecule has 2 nitrogen and oxygen atoms in total. The van der Waals surface area contributed by atoms with Crippen LogP contribution >= 0.6 is 0 Å². The molecule has 0 radical (unpaired) electrons. The lowest BCUT2D eigenvalue weighted by Crippen LogP contribution is -2.05. The van der Waals surface area contributed by atoms with Crippen molar-refractivity contribution in [3.05, 3.63) is 59.8 Å². The molecule has 3 rings (SSSR count). The molecule has 5 heteroatoms. The Hall–Kier alpha value is -2.30. The van der Waals surface area contributed by atoms with Crippen LogP contribution in [0.15, 0.2) is 48.7 Å². The molecule has 0 amide bonds. The van der Waals surface area contributed by atoms with Gasteiger partial charge in [0.15, 0.2) is 0 Å². The van der Waals surface area contributed by atoms with E-state index in [2.05, 4.69) is 5.10 Å². The summed E-state index contributed by atoms with van der Waals surface area (Å²) in [5.74, 6) is 0. The summed E-state index contributed by atoms with van der Waals surface area (Å²) in [6.45, 7) is 1.95. The van der Waals surface area contributed by atoms with E-state index in [1.165, 1.54) is 12.1 Å². The Bertz CT molecular complexity index is 755. The number of benzene rings is 2. The zero-order chi connectivity index (χ0) is 14.3. The minimum atomic E-state index is -4.32. The number of hydrogen-bond acceptors (Lipinski definition) is 1. The minimum Gasteiger partial charge on any atom is -0.240 e. The first kappa shape index (κ1) is 12.7. The maximum absolute atomic E-state index is 12.5. The molecule has 0 atom stereocenters. The third-order valence-corrected chi connectivity index (χ3v) is 3.20. The number of aromatic nitrogens is 2. The summed E-state index contributed by atoms with van der Waals surface area (Å²) in [5, 5.41) is 5.37. The van der Waals surface area contributed by atoms with E-state index in [4.69, 9.17) is 0 Å². The van der Waals surface area contributed by atoms with Gasteiger partial charge in [-0.3, -0.25) is 0 Å². The molecular formula is C15H11F3N2. The molecule has 3 aromatic rings. The lowest BCUT2D eigenvalue weighted by molar-refractivity contribution is -0.137. The first-order valence-corrected chi connectivity index (χ1v) is 6.08. The molecular weight excluding hydrogens is 265 g/mol. The number of alkyl halides is 3. The Balaban J connectivity index is 2.05. The number of aryl methyl sites for hydroxylation is 1. The van der Waals surface area contributed by atoms with Gasteiger partial charge in [-0.2, -0.15) is 18.3 Å². The molecule has 0 unspecified atom stereocenters. The first-order chi connectivity index (χ1) is 9.45. The van der Waals surface area contributed by atoms with Crippen LogP contribution in [0.5, 0.6) is 0 Å². The van der Waals surface area contributed by atoms with Crippen molar-refractivity contribution in [2.75, 3.05) is 0 Å². The fraction of sp³-hybridized carbons (Fsp3) is 0.133. The highest BCUT2D eigenvalue weighted by molar-refractivity contribution is 5.81. The predicted molar refractivity (Wildman–Crippen MR) is 70.8 cm³/mol. The molecule has 0 aliphatic rings. The second-order valence-electron chi connectivity index (χ2n) is 4.63. The van der Waals surface area contributed by atoms with E-state index in [0.717, 1.165) is 28.6 Å². The topological polar surface area (TPSA) is 17.8 Å². The summed E-state index contributed by atoms with van der Waals surface area (Å²) >= 11 is 0. The van der Waals surface area contributed by atoms with Crippen LogP contribution in [0.2, 0.25) is 0 Å². The van der Waals surface area contributed by atoms with Crippen LogP contribution in [-0.4, -0.2) is 9.78 Å². The van der Waals surface area contributed by atoms with Crippen LogP contribution in [0, 0.1) is 6.92 Å². The van der Waals surface area contributed by atoms with Crippen LogP contribution in [0.1, 0.15) is 11.1 Å². The standard InChI is InChI=1S/C15H11F3N2/c1-10-3-2-4-11-9-20(19-14(10)11)13-7-5-12(6-8-13)15(16,17)18/h2-9H,1H3. The molecule has 0 aliphatic heterocycles. The number of rotatable bonds is 1. The Morgan fingerprint density at radius 2 is 1.70 bits per heavy atom. The van der Waals surface area contributed by atoms with Crippen LogP contribution in [0.25, 0.3) is 16.6 Å². The second kappa shape index (κ2) is 4.37. The van der Waals surface area contributed by atoms with E-state index in [0.29, 0.717) is 5.69 Å². The maximum atomic E-state index is 12.5. The zero-order valence-corrected chi connectivity index (χ0v) is 10.6. The maximum Gasteiger partial charge on any atom is 0.416 e. The van der Waals surface area contributed by atoms with Crippen LogP contribution in [0.4, 0.5) is 13.2 Å². The summed E-state index contributed by atoms with van der Waals surface area (Å²) in [4.78, 5) is 0. The lowest BCUT2D eigenvalue weighted by Gasteiger charge is -2.07. The second-order valence-corrected chi connectivity index (χ2v) is 4.63. The highest BCUT2D eigenvalue weighted by Crippen LogP contribution is 2.29. The molecule has 0 saturated carbocycles. The largest absolute Gasteiger partial charge is 0.416 e. The van der Waals surface area contributed by atoms with E-state index in [1.807, 2.05) is 31.3 Å². The van der Waals surface area contributed by atoms with Gasteiger partial charge in [-0.15, -0.1) is 0 Å². The van der Waals surface area contributed by atoms with E-state index in [9.17, 15) is 13.2 Å². The number of halogens is 3. The van der Waals surface area contributed by atoms with Crippen molar-refractivity contribution in [2.45, 2.75) is 13.1 Å². The van der Waals surface area contributed by atoms with Gasteiger partial charge < -0.3 is 0 Å². The van der Waals surface area contributed by atoms with Crippen LogP contribution < -0.4 is 0 Å². The Kier molecular flexibility index (Phi) is 2.78. The van der Waals surface area contributed by atoms with Crippen LogP contribution in [-0.2, 0) is 6.18 Å². The van der Waals surface area contributed by atoms with Crippen molar-refractivity contribution in [3.63, 3.8) is 0 Å². The predicted octanol–water partition coefficient (Wildman–Crippen LogP) is 4.35. The number of hydrogen-bond donors (Lipinski definition) is 0. The molecule has 20 heavy (non-hydrogen) atoms. The Labute approximate surface area is 113 Å². The van der Waals surface area contributed by atoms with Gasteiger partial charge in [0.1, 0.15) is 0 Å². The van der Waals surface area contributed by atoms with Gasteiger partial charge in [-0.05, 0) is 36.8 Å². The average molecular weight is 276 g/mol. The van der Waals surface area contributed by atoms with Gasteiger partial charge >= 0.3 is 6.18 Å². The average Bonchev–Trinajstić information content (AvgIpc) is 2.83.